The Kier molecular flexibility index (Phi) is 7.27. The fourth-order valence-corrected chi connectivity index (χ4v) is 5.04. The molecule has 0 saturated carbocycles. The van der Waals surface area contributed by atoms with E-state index in [-0.39, 0.29) is 34.8 Å². The van der Waals surface area contributed by atoms with Gasteiger partial charge < -0.3 is 9.47 Å². The predicted octanol–water partition coefficient (Wildman–Crippen LogP) is 4.14. The molecule has 6 nitrogen and oxygen atoms in total. The van der Waals surface area contributed by atoms with E-state index in [2.05, 4.69) is 4.98 Å². The van der Waals surface area contributed by atoms with Crippen LogP contribution in [0.1, 0.15) is 64.4 Å². The van der Waals surface area contributed by atoms with Gasteiger partial charge in [0.2, 0.25) is 20.9 Å². The molecule has 29 heavy (non-hydrogen) atoms. The van der Waals surface area contributed by atoms with E-state index in [0.29, 0.717) is 6.54 Å². The maximum Gasteiger partial charge on any atom is 0.228 e. The number of aromatic nitrogens is 2. The Balaban J connectivity index is 2.44. The molecule has 0 N–H and O–H groups in total. The number of amides is 1. The molecule has 0 aliphatic heterocycles. The Morgan fingerprint density at radius 2 is 1.72 bits per heavy atom. The zero-order valence-corrected chi connectivity index (χ0v) is 19.3. The number of imidazole rings is 1. The Morgan fingerprint density at radius 3 is 2.24 bits per heavy atom. The number of hydrogen-bond acceptors (Lipinski definition) is 4. The summed E-state index contributed by atoms with van der Waals surface area (Å²) in [4.78, 5) is 18.7. The van der Waals surface area contributed by atoms with E-state index in [1.807, 2.05) is 72.7 Å². The van der Waals surface area contributed by atoms with Crippen molar-refractivity contribution in [3.05, 3.63) is 47.3 Å². The number of rotatable bonds is 8. The van der Waals surface area contributed by atoms with Crippen LogP contribution in [0.25, 0.3) is 0 Å². The van der Waals surface area contributed by atoms with Crippen molar-refractivity contribution in [3.8, 4) is 0 Å². The van der Waals surface area contributed by atoms with E-state index in [9.17, 15) is 13.2 Å². The normalized spacial score (nSPS) is 12.2. The molecular formula is C22H33N3O3S. The Hall–Kier alpha value is -2.15. The highest BCUT2D eigenvalue weighted by molar-refractivity contribution is 7.90. The first-order valence-corrected chi connectivity index (χ1v) is 11.7. The maximum absolute atomic E-state index is 13.2. The van der Waals surface area contributed by atoms with E-state index >= 15 is 0 Å². The van der Waals surface area contributed by atoms with Crippen molar-refractivity contribution in [1.29, 1.82) is 0 Å². The molecule has 1 heterocycles. The van der Waals surface area contributed by atoms with Gasteiger partial charge in [0.15, 0.2) is 0 Å². The Morgan fingerprint density at radius 1 is 1.10 bits per heavy atom. The van der Waals surface area contributed by atoms with Gasteiger partial charge in [-0.1, -0.05) is 38.1 Å². The first-order chi connectivity index (χ1) is 13.5. The van der Waals surface area contributed by atoms with Gasteiger partial charge in [-0.3, -0.25) is 4.79 Å². The molecule has 0 spiro atoms. The van der Waals surface area contributed by atoms with Crippen LogP contribution >= 0.6 is 0 Å². The fourth-order valence-electron chi connectivity index (χ4n) is 3.34. The first kappa shape index (κ1) is 23.1. The van der Waals surface area contributed by atoms with Gasteiger partial charge in [0.05, 0.1) is 24.2 Å². The van der Waals surface area contributed by atoms with Crippen molar-refractivity contribution in [3.63, 3.8) is 0 Å². The van der Waals surface area contributed by atoms with Crippen molar-refractivity contribution in [2.24, 2.45) is 5.92 Å². The molecule has 2 aromatic rings. The van der Waals surface area contributed by atoms with E-state index in [1.165, 1.54) is 0 Å². The number of benzene rings is 1. The van der Waals surface area contributed by atoms with Crippen LogP contribution in [0, 0.1) is 12.8 Å². The third-order valence-corrected chi connectivity index (χ3v) is 6.52. The minimum atomic E-state index is -3.63. The van der Waals surface area contributed by atoms with Gasteiger partial charge in [-0.05, 0) is 45.7 Å². The predicted molar refractivity (Wildman–Crippen MR) is 115 cm³/mol. The number of carbonyl (C=O) groups is 1. The van der Waals surface area contributed by atoms with Gasteiger partial charge in [-0.15, -0.1) is 0 Å². The standard InChI is InChI=1S/C22H33N3O3S/c1-15(2)21(26)24(16(3)4)13-20-12-23-22(25(20)17(5)6)29(27,28)14-19-11-9-8-10-18(19)7/h8-12,15-17H,13-14H2,1-7H3. The lowest BCUT2D eigenvalue weighted by Gasteiger charge is -2.29. The van der Waals surface area contributed by atoms with Gasteiger partial charge in [0.25, 0.3) is 0 Å². The smallest absolute Gasteiger partial charge is 0.228 e. The number of sulfone groups is 1. The third kappa shape index (κ3) is 5.26. The average molecular weight is 420 g/mol. The highest BCUT2D eigenvalue weighted by Gasteiger charge is 2.28. The molecule has 0 bridgehead atoms. The molecule has 7 heteroatoms. The second-order valence-electron chi connectivity index (χ2n) is 8.40. The number of hydrogen-bond donors (Lipinski definition) is 0. The zero-order valence-electron chi connectivity index (χ0n) is 18.5. The number of nitrogens with zero attached hydrogens (tertiary/aromatic N) is 3. The maximum atomic E-state index is 13.2. The molecule has 0 atom stereocenters. The van der Waals surface area contributed by atoms with Crippen molar-refractivity contribution in [1.82, 2.24) is 14.5 Å². The summed E-state index contributed by atoms with van der Waals surface area (Å²) in [5.41, 5.74) is 2.43. The van der Waals surface area contributed by atoms with Crippen molar-refractivity contribution < 1.29 is 13.2 Å². The molecule has 160 valence electrons. The van der Waals surface area contributed by atoms with Crippen LogP contribution < -0.4 is 0 Å². The average Bonchev–Trinajstić information content (AvgIpc) is 3.05. The van der Waals surface area contributed by atoms with Crippen molar-refractivity contribution in [2.75, 3.05) is 0 Å². The zero-order chi connectivity index (χ0) is 21.9. The fraction of sp³-hybridized carbons (Fsp3) is 0.545. The van der Waals surface area contributed by atoms with Crippen molar-refractivity contribution in [2.45, 2.75) is 78.0 Å². The molecule has 2 rings (SSSR count). The van der Waals surface area contributed by atoms with Gasteiger partial charge in [-0.25, -0.2) is 13.4 Å². The summed E-state index contributed by atoms with van der Waals surface area (Å²) in [5.74, 6) is -0.181. The molecule has 0 unspecified atom stereocenters. The van der Waals surface area contributed by atoms with Crippen LogP contribution in [0.2, 0.25) is 0 Å². The molecule has 0 saturated heterocycles. The summed E-state index contributed by atoms with van der Waals surface area (Å²) >= 11 is 0. The summed E-state index contributed by atoms with van der Waals surface area (Å²) < 4.78 is 28.1. The van der Waals surface area contributed by atoms with E-state index in [1.54, 1.807) is 15.7 Å². The highest BCUT2D eigenvalue weighted by atomic mass is 32.2. The quantitative estimate of drug-likeness (QED) is 0.645. The van der Waals surface area contributed by atoms with E-state index < -0.39 is 9.84 Å². The van der Waals surface area contributed by atoms with Crippen LogP contribution in [0.4, 0.5) is 0 Å². The minimum Gasteiger partial charge on any atom is -0.334 e. The summed E-state index contributed by atoms with van der Waals surface area (Å²) in [6, 6.07) is 7.38. The van der Waals surface area contributed by atoms with Crippen LogP contribution in [-0.2, 0) is 26.9 Å². The van der Waals surface area contributed by atoms with Crippen LogP contribution in [0.5, 0.6) is 0 Å². The topological polar surface area (TPSA) is 72.3 Å². The molecule has 1 aromatic carbocycles. The monoisotopic (exact) mass is 419 g/mol. The summed E-state index contributed by atoms with van der Waals surface area (Å²) in [6.07, 6.45) is 1.59. The van der Waals surface area contributed by atoms with Gasteiger partial charge >= 0.3 is 0 Å². The molecule has 0 fully saturated rings. The summed E-state index contributed by atoms with van der Waals surface area (Å²) in [6.45, 7) is 13.8. The lowest BCUT2D eigenvalue weighted by molar-refractivity contribution is -0.137. The van der Waals surface area contributed by atoms with E-state index in [4.69, 9.17) is 0 Å². The lowest BCUT2D eigenvalue weighted by atomic mass is 10.1. The van der Waals surface area contributed by atoms with Crippen LogP contribution in [0.15, 0.2) is 35.6 Å². The highest BCUT2D eigenvalue weighted by Crippen LogP contribution is 2.24. The summed E-state index contributed by atoms with van der Waals surface area (Å²) in [5, 5.41) is 0.0615. The third-order valence-electron chi connectivity index (χ3n) is 4.97. The number of aryl methyl sites for hydroxylation is 1. The molecule has 1 amide bonds. The van der Waals surface area contributed by atoms with Gasteiger partial charge in [0.1, 0.15) is 0 Å². The van der Waals surface area contributed by atoms with Crippen LogP contribution in [0.3, 0.4) is 0 Å². The summed E-state index contributed by atoms with van der Waals surface area (Å²) in [7, 11) is -3.63. The Labute approximate surface area is 174 Å². The number of carbonyl (C=O) groups excluding carboxylic acids is 1. The SMILES string of the molecule is Cc1ccccc1CS(=O)(=O)c1ncc(CN(C(=O)C(C)C)C(C)C)n1C(C)C. The lowest BCUT2D eigenvalue weighted by Crippen LogP contribution is -2.39. The molecule has 0 radical (unpaired) electrons. The first-order valence-electron chi connectivity index (χ1n) is 10.1. The second kappa shape index (κ2) is 9.11. The second-order valence-corrected chi connectivity index (χ2v) is 10.3. The van der Waals surface area contributed by atoms with Gasteiger partial charge in [-0.2, -0.15) is 0 Å². The molecule has 0 aliphatic rings. The van der Waals surface area contributed by atoms with Crippen molar-refractivity contribution >= 4 is 15.7 Å². The van der Waals surface area contributed by atoms with E-state index in [0.717, 1.165) is 16.8 Å². The van der Waals surface area contributed by atoms with Crippen LogP contribution in [-0.4, -0.2) is 34.8 Å². The van der Waals surface area contributed by atoms with Gasteiger partial charge in [0, 0.05) is 18.0 Å². The Bertz CT molecular complexity index is 959. The molecular weight excluding hydrogens is 386 g/mol. The molecule has 1 aromatic heterocycles. The minimum absolute atomic E-state index is 0.00689. The molecule has 0 aliphatic carbocycles. The largest absolute Gasteiger partial charge is 0.334 e.